The summed E-state index contributed by atoms with van der Waals surface area (Å²) in [6, 6.07) is 7.20. The smallest absolute Gasteiger partial charge is 0.319 e. The Kier molecular flexibility index (Phi) is 5.32. The molecule has 1 aromatic rings. The van der Waals surface area contributed by atoms with Crippen LogP contribution in [0.5, 0.6) is 0 Å². The van der Waals surface area contributed by atoms with E-state index in [0.717, 1.165) is 32.5 Å². The number of nitrogens with zero attached hydrogens (tertiary/aromatic N) is 1. The molecule has 0 radical (unpaired) electrons. The third-order valence-electron chi connectivity index (χ3n) is 4.69. The summed E-state index contributed by atoms with van der Waals surface area (Å²) in [5.74, 6) is 0.396. The van der Waals surface area contributed by atoms with E-state index in [4.69, 9.17) is 0 Å². The molecule has 4 N–H and O–H groups in total. The highest BCUT2D eigenvalue weighted by molar-refractivity contribution is 5.97. The lowest BCUT2D eigenvalue weighted by atomic mass is 10.0. The molecule has 3 rings (SSSR count). The van der Waals surface area contributed by atoms with Crippen LogP contribution in [0.4, 0.5) is 10.5 Å². The number of hydrogen-bond donors (Lipinski definition) is 4. The van der Waals surface area contributed by atoms with Gasteiger partial charge in [0, 0.05) is 49.4 Å². The summed E-state index contributed by atoms with van der Waals surface area (Å²) in [6.07, 6.45) is 2.13. The van der Waals surface area contributed by atoms with E-state index in [2.05, 4.69) is 28.4 Å². The van der Waals surface area contributed by atoms with Gasteiger partial charge in [0.25, 0.3) is 5.91 Å². The van der Waals surface area contributed by atoms with Crippen LogP contribution in [0.3, 0.4) is 0 Å². The van der Waals surface area contributed by atoms with Gasteiger partial charge in [-0.1, -0.05) is 6.07 Å². The van der Waals surface area contributed by atoms with E-state index in [1.54, 1.807) is 24.3 Å². The summed E-state index contributed by atoms with van der Waals surface area (Å²) in [6.45, 7) is 5.15. The maximum absolute atomic E-state index is 12.4. The molecule has 2 fully saturated rings. The van der Waals surface area contributed by atoms with Crippen molar-refractivity contribution in [2.75, 3.05) is 31.5 Å². The second kappa shape index (κ2) is 7.63. The number of hydrogen-bond acceptors (Lipinski definition) is 4. The first-order chi connectivity index (χ1) is 11.6. The third kappa shape index (κ3) is 4.04. The number of amides is 3. The lowest BCUT2D eigenvalue weighted by Gasteiger charge is -2.17. The van der Waals surface area contributed by atoms with E-state index in [-0.39, 0.29) is 11.9 Å². The van der Waals surface area contributed by atoms with Crippen LogP contribution in [0.15, 0.2) is 24.3 Å². The van der Waals surface area contributed by atoms with Gasteiger partial charge in [-0.05, 0) is 38.0 Å². The van der Waals surface area contributed by atoms with Gasteiger partial charge in [-0.15, -0.1) is 0 Å². The highest BCUT2D eigenvalue weighted by atomic mass is 16.2. The topological polar surface area (TPSA) is 85.5 Å². The Hall–Kier alpha value is -2.12. The predicted octanol–water partition coefficient (Wildman–Crippen LogP) is 1.16. The lowest BCUT2D eigenvalue weighted by Crippen LogP contribution is -2.37. The number of carbonyl (C=O) groups is 2. The molecule has 0 spiro atoms. The molecule has 7 heteroatoms. The summed E-state index contributed by atoms with van der Waals surface area (Å²) < 4.78 is 0. The fourth-order valence-electron chi connectivity index (χ4n) is 3.13. The quantitative estimate of drug-likeness (QED) is 0.667. The van der Waals surface area contributed by atoms with Crippen molar-refractivity contribution in [1.29, 1.82) is 0 Å². The van der Waals surface area contributed by atoms with Crippen molar-refractivity contribution < 1.29 is 9.59 Å². The Morgan fingerprint density at radius 3 is 2.79 bits per heavy atom. The minimum atomic E-state index is -0.250. The van der Waals surface area contributed by atoms with Gasteiger partial charge in [-0.3, -0.25) is 15.6 Å². The summed E-state index contributed by atoms with van der Waals surface area (Å²) in [5, 5.41) is 5.69. The Balaban J connectivity index is 1.53. The van der Waals surface area contributed by atoms with Crippen molar-refractivity contribution in [1.82, 2.24) is 21.1 Å². The zero-order valence-electron chi connectivity index (χ0n) is 14.0. The number of urea groups is 1. The molecule has 0 aliphatic carbocycles. The molecule has 2 aliphatic heterocycles. The van der Waals surface area contributed by atoms with E-state index in [0.29, 0.717) is 29.8 Å². The summed E-state index contributed by atoms with van der Waals surface area (Å²) in [4.78, 5) is 26.3. The predicted molar refractivity (Wildman–Crippen MR) is 92.7 cm³/mol. The van der Waals surface area contributed by atoms with Crippen molar-refractivity contribution in [3.8, 4) is 0 Å². The van der Waals surface area contributed by atoms with Crippen molar-refractivity contribution in [2.24, 2.45) is 5.92 Å². The number of hydrazine groups is 1. The largest absolute Gasteiger partial charge is 0.339 e. The van der Waals surface area contributed by atoms with Gasteiger partial charge in [0.15, 0.2) is 0 Å². The number of benzene rings is 1. The zero-order chi connectivity index (χ0) is 16.9. The van der Waals surface area contributed by atoms with E-state index >= 15 is 0 Å². The maximum atomic E-state index is 12.4. The van der Waals surface area contributed by atoms with Crippen LogP contribution in [-0.2, 0) is 0 Å². The second-order valence-electron chi connectivity index (χ2n) is 6.49. The number of likely N-dealkylation sites (tertiary alicyclic amines) is 1. The van der Waals surface area contributed by atoms with Crippen LogP contribution in [0.25, 0.3) is 0 Å². The molecular formula is C17H25N5O2. The Morgan fingerprint density at radius 1 is 1.29 bits per heavy atom. The van der Waals surface area contributed by atoms with E-state index in [1.807, 2.05) is 4.90 Å². The van der Waals surface area contributed by atoms with Crippen molar-refractivity contribution in [3.05, 3.63) is 29.8 Å². The molecule has 0 bridgehead atoms. The molecule has 2 unspecified atom stereocenters. The maximum Gasteiger partial charge on any atom is 0.319 e. The second-order valence-corrected chi connectivity index (χ2v) is 6.49. The fourth-order valence-corrected chi connectivity index (χ4v) is 3.13. The van der Waals surface area contributed by atoms with Gasteiger partial charge >= 0.3 is 6.03 Å². The van der Waals surface area contributed by atoms with Gasteiger partial charge in [-0.25, -0.2) is 4.79 Å². The minimum absolute atomic E-state index is 0.0356. The first-order valence-corrected chi connectivity index (χ1v) is 8.56. The van der Waals surface area contributed by atoms with Gasteiger partial charge in [-0.2, -0.15) is 0 Å². The van der Waals surface area contributed by atoms with E-state index < -0.39 is 0 Å². The third-order valence-corrected chi connectivity index (χ3v) is 4.69. The highest BCUT2D eigenvalue weighted by Crippen LogP contribution is 2.16. The van der Waals surface area contributed by atoms with Crippen LogP contribution in [-0.4, -0.2) is 49.1 Å². The van der Waals surface area contributed by atoms with Gasteiger partial charge in [0.1, 0.15) is 0 Å². The lowest BCUT2D eigenvalue weighted by molar-refractivity contribution is 0.0793. The van der Waals surface area contributed by atoms with Gasteiger partial charge in [0.2, 0.25) is 0 Å². The molecule has 2 saturated heterocycles. The first-order valence-electron chi connectivity index (χ1n) is 8.56. The molecule has 1 aromatic carbocycles. The molecular weight excluding hydrogens is 306 g/mol. The van der Waals surface area contributed by atoms with Crippen molar-refractivity contribution in [3.63, 3.8) is 0 Å². The van der Waals surface area contributed by atoms with Crippen molar-refractivity contribution >= 4 is 17.6 Å². The average Bonchev–Trinajstić information content (AvgIpc) is 3.24. The molecule has 2 atom stereocenters. The monoisotopic (exact) mass is 331 g/mol. The van der Waals surface area contributed by atoms with Gasteiger partial charge < -0.3 is 15.5 Å². The molecule has 3 amide bonds. The van der Waals surface area contributed by atoms with Crippen molar-refractivity contribution in [2.45, 2.75) is 25.8 Å². The molecule has 0 saturated carbocycles. The molecule has 2 heterocycles. The molecule has 130 valence electrons. The number of carbonyl (C=O) groups excluding carboxylic acids is 2. The Bertz CT molecular complexity index is 600. The normalized spacial score (nSPS) is 23.3. The minimum Gasteiger partial charge on any atom is -0.339 e. The highest BCUT2D eigenvalue weighted by Gasteiger charge is 2.23. The Labute approximate surface area is 142 Å². The molecule has 7 nitrogen and oxygen atoms in total. The number of rotatable bonds is 4. The molecule has 24 heavy (non-hydrogen) atoms. The van der Waals surface area contributed by atoms with Crippen LogP contribution < -0.4 is 21.5 Å². The average molecular weight is 331 g/mol. The summed E-state index contributed by atoms with van der Waals surface area (Å²) in [5.41, 5.74) is 7.45. The molecule has 0 aromatic heterocycles. The number of anilines is 1. The zero-order valence-corrected chi connectivity index (χ0v) is 14.0. The van der Waals surface area contributed by atoms with Crippen LogP contribution in [0.1, 0.15) is 30.1 Å². The number of nitrogens with one attached hydrogen (secondary N) is 4. The van der Waals surface area contributed by atoms with Crippen LogP contribution >= 0.6 is 0 Å². The fraction of sp³-hybridized carbons (Fsp3) is 0.529. The summed E-state index contributed by atoms with van der Waals surface area (Å²) in [7, 11) is 0. The SMILES string of the molecule is CC1NNCC1CNC(=O)Nc1cccc(C(=O)N2CCCC2)c1. The van der Waals surface area contributed by atoms with Crippen LogP contribution in [0.2, 0.25) is 0 Å². The standard InChI is InChI=1S/C17H25N5O2/c1-12-14(11-19-21-12)10-18-17(24)20-15-6-4-5-13(9-15)16(23)22-7-2-3-8-22/h4-6,9,12,14,19,21H,2-3,7-8,10-11H2,1H3,(H2,18,20,24). The van der Waals surface area contributed by atoms with E-state index in [1.165, 1.54) is 0 Å². The molecule has 2 aliphatic rings. The Morgan fingerprint density at radius 2 is 2.08 bits per heavy atom. The van der Waals surface area contributed by atoms with Gasteiger partial charge in [0.05, 0.1) is 0 Å². The van der Waals surface area contributed by atoms with Crippen LogP contribution in [0, 0.1) is 5.92 Å². The van der Waals surface area contributed by atoms with E-state index in [9.17, 15) is 9.59 Å². The summed E-state index contributed by atoms with van der Waals surface area (Å²) >= 11 is 0. The first kappa shape index (κ1) is 16.7.